The first-order valence-corrected chi connectivity index (χ1v) is 7.37. The minimum absolute atomic E-state index is 0.226. The number of nitrogens with zero attached hydrogens (tertiary/aromatic N) is 3. The third-order valence-corrected chi connectivity index (χ3v) is 7.06. The van der Waals surface area contributed by atoms with Crippen LogP contribution in [0.1, 0.15) is 20.8 Å². The van der Waals surface area contributed by atoms with Crippen molar-refractivity contribution in [2.45, 2.75) is 38.9 Å². The van der Waals surface area contributed by atoms with Crippen LogP contribution in [0, 0.1) is 0 Å². The summed E-state index contributed by atoms with van der Waals surface area (Å²) in [4.78, 5) is 2.68. The Kier molecular flexibility index (Phi) is 4.46. The summed E-state index contributed by atoms with van der Waals surface area (Å²) in [5, 5.41) is 3.66. The summed E-state index contributed by atoms with van der Waals surface area (Å²) in [6.45, 7) is 11.9. The lowest BCUT2D eigenvalue weighted by Crippen LogP contribution is -2.41. The predicted octanol–water partition coefficient (Wildman–Crippen LogP) is 3.32. The van der Waals surface area contributed by atoms with Crippen molar-refractivity contribution in [2.24, 2.45) is 5.11 Å². The Labute approximate surface area is 81.0 Å². The lowest BCUT2D eigenvalue weighted by Gasteiger charge is -2.35. The van der Waals surface area contributed by atoms with Crippen molar-refractivity contribution in [2.75, 3.05) is 13.2 Å². The molecule has 4 nitrogen and oxygen atoms in total. The highest BCUT2D eigenvalue weighted by Crippen LogP contribution is 2.36. The van der Waals surface area contributed by atoms with E-state index in [0.29, 0.717) is 13.2 Å². The molecule has 0 amide bonds. The maximum atomic E-state index is 8.07. The molecule has 0 unspecified atom stereocenters. The summed E-state index contributed by atoms with van der Waals surface area (Å²) in [6.07, 6.45) is 0. The van der Waals surface area contributed by atoms with Crippen LogP contribution < -0.4 is 0 Å². The van der Waals surface area contributed by atoms with E-state index in [9.17, 15) is 0 Å². The number of hydrogen-bond acceptors (Lipinski definition) is 2. The monoisotopic (exact) mass is 201 g/mol. The second kappa shape index (κ2) is 4.65. The van der Waals surface area contributed by atoms with Gasteiger partial charge in [-0.25, -0.2) is 0 Å². The Morgan fingerprint density at radius 1 is 1.38 bits per heavy atom. The second-order valence-electron chi connectivity index (χ2n) is 4.56. The van der Waals surface area contributed by atoms with Crippen molar-refractivity contribution >= 4 is 8.32 Å². The molecule has 0 saturated carbocycles. The Bertz CT molecular complexity index is 204. The van der Waals surface area contributed by atoms with Crippen molar-refractivity contribution in [3.05, 3.63) is 10.4 Å². The lowest BCUT2D eigenvalue weighted by atomic mass is 10.2. The van der Waals surface area contributed by atoms with Gasteiger partial charge in [0.1, 0.15) is 0 Å². The van der Waals surface area contributed by atoms with Crippen molar-refractivity contribution in [3.8, 4) is 0 Å². The SMILES string of the molecule is CC(C)(C)[Si](C)(C)OCCN=[N+]=[N-]. The van der Waals surface area contributed by atoms with Gasteiger partial charge in [-0.1, -0.05) is 25.9 Å². The zero-order valence-electron chi connectivity index (χ0n) is 9.16. The molecule has 0 aromatic heterocycles. The molecule has 0 aromatic rings. The van der Waals surface area contributed by atoms with Crippen LogP contribution in [0.15, 0.2) is 5.11 Å². The zero-order chi connectivity index (χ0) is 10.5. The standard InChI is InChI=1S/C8H19N3OSi/c1-8(2,3)13(4,5)12-7-6-10-11-9/h6-7H2,1-5H3. The largest absolute Gasteiger partial charge is 0.417 e. The van der Waals surface area contributed by atoms with Gasteiger partial charge >= 0.3 is 0 Å². The topological polar surface area (TPSA) is 58.0 Å². The molecule has 0 rings (SSSR count). The van der Waals surface area contributed by atoms with Crippen molar-refractivity contribution in [1.82, 2.24) is 0 Å². The van der Waals surface area contributed by atoms with Gasteiger partial charge in [-0.3, -0.25) is 0 Å². The molecule has 0 saturated heterocycles. The van der Waals surface area contributed by atoms with Crippen LogP contribution in [-0.2, 0) is 4.43 Å². The molecule has 0 aromatic carbocycles. The summed E-state index contributed by atoms with van der Waals surface area (Å²) in [6, 6.07) is 0. The fraction of sp³-hybridized carbons (Fsp3) is 1.00. The van der Waals surface area contributed by atoms with Crippen LogP contribution in [0.3, 0.4) is 0 Å². The van der Waals surface area contributed by atoms with E-state index in [-0.39, 0.29) is 5.04 Å². The highest BCUT2D eigenvalue weighted by molar-refractivity contribution is 6.74. The van der Waals surface area contributed by atoms with E-state index >= 15 is 0 Å². The van der Waals surface area contributed by atoms with E-state index in [4.69, 9.17) is 9.96 Å². The Morgan fingerprint density at radius 3 is 2.31 bits per heavy atom. The molecule has 0 aliphatic rings. The molecule has 0 bridgehead atoms. The Balaban J connectivity index is 3.96. The van der Waals surface area contributed by atoms with Gasteiger partial charge in [0.2, 0.25) is 0 Å². The van der Waals surface area contributed by atoms with Gasteiger partial charge in [-0.15, -0.1) is 0 Å². The van der Waals surface area contributed by atoms with E-state index in [2.05, 4.69) is 43.9 Å². The Hall–Kier alpha value is -0.513. The summed E-state index contributed by atoms with van der Waals surface area (Å²) < 4.78 is 5.77. The molecule has 0 N–H and O–H groups in total. The molecular formula is C8H19N3OSi. The fourth-order valence-electron chi connectivity index (χ4n) is 0.603. The van der Waals surface area contributed by atoms with Gasteiger partial charge in [0, 0.05) is 18.1 Å². The molecule has 0 aliphatic carbocycles. The van der Waals surface area contributed by atoms with Gasteiger partial charge in [-0.05, 0) is 23.7 Å². The summed E-state index contributed by atoms with van der Waals surface area (Å²) in [5.41, 5.74) is 8.07. The van der Waals surface area contributed by atoms with Gasteiger partial charge in [-0.2, -0.15) is 0 Å². The molecule has 76 valence electrons. The first-order chi connectivity index (χ1) is 5.81. The normalized spacial score (nSPS) is 12.4. The molecule has 5 heteroatoms. The minimum Gasteiger partial charge on any atom is -0.417 e. The summed E-state index contributed by atoms with van der Waals surface area (Å²) in [5.74, 6) is 0. The van der Waals surface area contributed by atoms with Crippen molar-refractivity contribution < 1.29 is 4.43 Å². The first kappa shape index (κ1) is 12.5. The quantitative estimate of drug-likeness (QED) is 0.226. The van der Waals surface area contributed by atoms with Crippen LogP contribution in [-0.4, -0.2) is 21.5 Å². The molecule has 13 heavy (non-hydrogen) atoms. The van der Waals surface area contributed by atoms with E-state index in [1.807, 2.05) is 0 Å². The number of hydrogen-bond donors (Lipinski definition) is 0. The summed E-state index contributed by atoms with van der Waals surface area (Å²) >= 11 is 0. The minimum atomic E-state index is -1.64. The molecule has 0 fully saturated rings. The highest BCUT2D eigenvalue weighted by atomic mass is 28.4. The predicted molar refractivity (Wildman–Crippen MR) is 57.2 cm³/mol. The molecule has 0 heterocycles. The van der Waals surface area contributed by atoms with Gasteiger partial charge in [0.25, 0.3) is 0 Å². The van der Waals surface area contributed by atoms with Crippen LogP contribution >= 0.6 is 0 Å². The zero-order valence-corrected chi connectivity index (χ0v) is 10.2. The van der Waals surface area contributed by atoms with Crippen LogP contribution in [0.5, 0.6) is 0 Å². The van der Waals surface area contributed by atoms with Gasteiger partial charge < -0.3 is 4.43 Å². The maximum absolute atomic E-state index is 8.07. The molecular weight excluding hydrogens is 182 g/mol. The van der Waals surface area contributed by atoms with Crippen LogP contribution in [0.2, 0.25) is 18.1 Å². The lowest BCUT2D eigenvalue weighted by molar-refractivity contribution is 0.297. The van der Waals surface area contributed by atoms with E-state index in [0.717, 1.165) is 0 Å². The van der Waals surface area contributed by atoms with Gasteiger partial charge in [0.05, 0.1) is 0 Å². The third kappa shape index (κ3) is 4.31. The number of rotatable bonds is 4. The maximum Gasteiger partial charge on any atom is 0.191 e. The van der Waals surface area contributed by atoms with E-state index in [1.54, 1.807) is 0 Å². The molecule has 0 atom stereocenters. The molecule has 0 radical (unpaired) electrons. The van der Waals surface area contributed by atoms with E-state index in [1.165, 1.54) is 0 Å². The molecule has 0 aliphatic heterocycles. The van der Waals surface area contributed by atoms with Gasteiger partial charge in [0.15, 0.2) is 8.32 Å². The fourth-order valence-corrected chi connectivity index (χ4v) is 1.64. The average molecular weight is 201 g/mol. The smallest absolute Gasteiger partial charge is 0.191 e. The van der Waals surface area contributed by atoms with Crippen molar-refractivity contribution in [1.29, 1.82) is 0 Å². The van der Waals surface area contributed by atoms with E-state index < -0.39 is 8.32 Å². The second-order valence-corrected chi connectivity index (χ2v) is 9.37. The average Bonchev–Trinajstić information content (AvgIpc) is 1.96. The van der Waals surface area contributed by atoms with Crippen molar-refractivity contribution in [3.63, 3.8) is 0 Å². The third-order valence-electron chi connectivity index (χ3n) is 2.52. The highest BCUT2D eigenvalue weighted by Gasteiger charge is 2.36. The summed E-state index contributed by atoms with van der Waals surface area (Å²) in [7, 11) is -1.64. The number of azide groups is 1. The Morgan fingerprint density at radius 2 is 1.92 bits per heavy atom. The molecule has 0 spiro atoms. The van der Waals surface area contributed by atoms with Crippen LogP contribution in [0.25, 0.3) is 10.4 Å². The first-order valence-electron chi connectivity index (χ1n) is 4.46. The van der Waals surface area contributed by atoms with Crippen LogP contribution in [0.4, 0.5) is 0 Å².